The first kappa shape index (κ1) is 16.0. The molecule has 0 aliphatic rings. The van der Waals surface area contributed by atoms with E-state index >= 15 is 0 Å². The summed E-state index contributed by atoms with van der Waals surface area (Å²) in [5.41, 5.74) is 2.09. The van der Waals surface area contributed by atoms with Gasteiger partial charge in [-0.1, -0.05) is 35.9 Å². The number of rotatable bonds is 4. The van der Waals surface area contributed by atoms with Crippen molar-refractivity contribution in [2.75, 3.05) is 5.32 Å². The third-order valence-electron chi connectivity index (χ3n) is 3.09. The molecule has 2 N–H and O–H groups in total. The smallest absolute Gasteiger partial charge is 0.335 e. The van der Waals surface area contributed by atoms with Gasteiger partial charge in [-0.2, -0.15) is 5.26 Å². The molecule has 114 valence electrons. The molecule has 0 radical (unpaired) electrons. The fourth-order valence-corrected chi connectivity index (χ4v) is 2.00. The van der Waals surface area contributed by atoms with Crippen molar-refractivity contribution in [2.45, 2.75) is 6.92 Å². The zero-order chi connectivity index (χ0) is 16.8. The van der Waals surface area contributed by atoms with Gasteiger partial charge in [-0.25, -0.2) is 4.79 Å². The summed E-state index contributed by atoms with van der Waals surface area (Å²) in [6.45, 7) is 1.92. The lowest BCUT2D eigenvalue weighted by atomic mass is 10.1. The minimum Gasteiger partial charge on any atom is -0.478 e. The van der Waals surface area contributed by atoms with E-state index in [0.29, 0.717) is 5.69 Å². The number of carboxylic acid groups (broad SMARTS) is 1. The third kappa shape index (κ3) is 4.29. The number of anilines is 1. The van der Waals surface area contributed by atoms with Gasteiger partial charge in [0.25, 0.3) is 5.91 Å². The Balaban J connectivity index is 2.23. The van der Waals surface area contributed by atoms with Crippen molar-refractivity contribution in [3.05, 3.63) is 70.8 Å². The summed E-state index contributed by atoms with van der Waals surface area (Å²) < 4.78 is 0. The number of hydrogen-bond acceptors (Lipinski definition) is 3. The van der Waals surface area contributed by atoms with Gasteiger partial charge in [-0.05, 0) is 36.8 Å². The van der Waals surface area contributed by atoms with Crippen molar-refractivity contribution in [1.29, 1.82) is 5.26 Å². The Morgan fingerprint density at radius 2 is 1.91 bits per heavy atom. The molecule has 5 nitrogen and oxygen atoms in total. The first-order valence-electron chi connectivity index (χ1n) is 6.83. The third-order valence-corrected chi connectivity index (χ3v) is 3.09. The van der Waals surface area contributed by atoms with Gasteiger partial charge in [-0.3, -0.25) is 4.79 Å². The highest BCUT2D eigenvalue weighted by Gasteiger charge is 2.11. The van der Waals surface area contributed by atoms with Gasteiger partial charge in [0.15, 0.2) is 0 Å². The molecule has 1 amide bonds. The van der Waals surface area contributed by atoms with Crippen LogP contribution < -0.4 is 5.32 Å². The van der Waals surface area contributed by atoms with E-state index in [0.717, 1.165) is 11.1 Å². The van der Waals surface area contributed by atoms with Crippen molar-refractivity contribution < 1.29 is 14.7 Å². The van der Waals surface area contributed by atoms with Crippen LogP contribution in [0.5, 0.6) is 0 Å². The Kier molecular flexibility index (Phi) is 4.90. The first-order valence-corrected chi connectivity index (χ1v) is 6.83. The normalized spacial score (nSPS) is 10.7. The minimum absolute atomic E-state index is 0.0590. The molecule has 0 atom stereocenters. The maximum absolute atomic E-state index is 12.2. The lowest BCUT2D eigenvalue weighted by Gasteiger charge is -2.05. The topological polar surface area (TPSA) is 90.2 Å². The van der Waals surface area contributed by atoms with E-state index in [-0.39, 0.29) is 11.1 Å². The number of aryl methyl sites for hydroxylation is 1. The number of aromatic carboxylic acids is 1. The average Bonchev–Trinajstić information content (AvgIpc) is 2.52. The molecule has 0 saturated heterocycles. The number of carbonyl (C=O) groups is 2. The summed E-state index contributed by atoms with van der Waals surface area (Å²) in [6.07, 6.45) is 1.49. The molecule has 0 aliphatic carbocycles. The molecule has 0 aliphatic heterocycles. The van der Waals surface area contributed by atoms with Gasteiger partial charge in [0.05, 0.1) is 5.56 Å². The summed E-state index contributed by atoms with van der Waals surface area (Å²) in [6, 6.07) is 15.1. The molecule has 2 aromatic rings. The van der Waals surface area contributed by atoms with Gasteiger partial charge >= 0.3 is 5.97 Å². The molecule has 0 spiro atoms. The van der Waals surface area contributed by atoms with E-state index in [1.807, 2.05) is 31.2 Å². The molecule has 0 aromatic heterocycles. The Bertz CT molecular complexity index is 832. The van der Waals surface area contributed by atoms with Crippen LogP contribution in [-0.4, -0.2) is 17.0 Å². The number of hydrogen-bond donors (Lipinski definition) is 2. The van der Waals surface area contributed by atoms with E-state index < -0.39 is 11.9 Å². The van der Waals surface area contributed by atoms with Gasteiger partial charge in [0.1, 0.15) is 11.6 Å². The fourth-order valence-electron chi connectivity index (χ4n) is 2.00. The van der Waals surface area contributed by atoms with Crippen molar-refractivity contribution in [3.8, 4) is 6.07 Å². The number of carbonyl (C=O) groups excluding carboxylic acids is 1. The maximum atomic E-state index is 12.2. The molecule has 0 fully saturated rings. The zero-order valence-electron chi connectivity index (χ0n) is 12.4. The zero-order valence-corrected chi connectivity index (χ0v) is 12.4. The minimum atomic E-state index is -1.09. The number of carboxylic acids is 1. The Labute approximate surface area is 133 Å². The van der Waals surface area contributed by atoms with Crippen molar-refractivity contribution in [1.82, 2.24) is 0 Å². The highest BCUT2D eigenvalue weighted by Crippen LogP contribution is 2.14. The number of benzene rings is 2. The molecule has 2 aromatic carbocycles. The van der Waals surface area contributed by atoms with Gasteiger partial charge in [0.2, 0.25) is 0 Å². The molecule has 0 heterocycles. The molecule has 2 rings (SSSR count). The first-order chi connectivity index (χ1) is 11.0. The molecule has 0 saturated carbocycles. The van der Waals surface area contributed by atoms with Crippen LogP contribution in [0.2, 0.25) is 0 Å². The van der Waals surface area contributed by atoms with E-state index in [1.165, 1.54) is 24.3 Å². The van der Waals surface area contributed by atoms with Gasteiger partial charge in [0, 0.05) is 5.69 Å². The molecule has 0 unspecified atom stereocenters. The van der Waals surface area contributed by atoms with Crippen molar-refractivity contribution >= 4 is 23.6 Å². The van der Waals surface area contributed by atoms with Crippen LogP contribution in [0.25, 0.3) is 6.08 Å². The number of nitrogens with zero attached hydrogens (tertiary/aromatic N) is 1. The summed E-state index contributed by atoms with van der Waals surface area (Å²) in [4.78, 5) is 23.1. The molecular weight excluding hydrogens is 292 g/mol. The van der Waals surface area contributed by atoms with Crippen LogP contribution in [0.15, 0.2) is 54.1 Å². The second-order valence-electron chi connectivity index (χ2n) is 4.92. The molecule has 23 heavy (non-hydrogen) atoms. The lowest BCUT2D eigenvalue weighted by Crippen LogP contribution is -2.13. The SMILES string of the molecule is Cc1cccc(C=C(C#N)C(=O)Nc2cccc(C(=O)O)c2)c1. The van der Waals surface area contributed by atoms with Crippen molar-refractivity contribution in [3.63, 3.8) is 0 Å². The lowest BCUT2D eigenvalue weighted by molar-refractivity contribution is -0.112. The Morgan fingerprint density at radius 1 is 1.17 bits per heavy atom. The fraction of sp³-hybridized carbons (Fsp3) is 0.0556. The van der Waals surface area contributed by atoms with Crippen molar-refractivity contribution in [2.24, 2.45) is 0 Å². The summed E-state index contributed by atoms with van der Waals surface area (Å²) in [7, 11) is 0. The Hall–Kier alpha value is -3.39. The molecule has 0 bridgehead atoms. The highest BCUT2D eigenvalue weighted by atomic mass is 16.4. The largest absolute Gasteiger partial charge is 0.478 e. The summed E-state index contributed by atoms with van der Waals surface area (Å²) >= 11 is 0. The van der Waals surface area contributed by atoms with Crippen LogP contribution in [0, 0.1) is 18.3 Å². The second kappa shape index (κ2) is 7.05. The van der Waals surface area contributed by atoms with E-state index in [9.17, 15) is 14.9 Å². The van der Waals surface area contributed by atoms with E-state index in [2.05, 4.69) is 5.32 Å². The summed E-state index contributed by atoms with van der Waals surface area (Å²) in [5, 5.41) is 20.6. The average molecular weight is 306 g/mol. The summed E-state index contributed by atoms with van der Waals surface area (Å²) in [5.74, 6) is -1.67. The van der Waals surface area contributed by atoms with Crippen LogP contribution in [0.3, 0.4) is 0 Å². The van der Waals surface area contributed by atoms with E-state index in [4.69, 9.17) is 5.11 Å². The van der Waals surface area contributed by atoms with E-state index in [1.54, 1.807) is 12.1 Å². The standard InChI is InChI=1S/C18H14N2O3/c1-12-4-2-5-13(8-12)9-15(11-19)17(21)20-16-7-3-6-14(10-16)18(22)23/h2-10H,1H3,(H,20,21)(H,22,23). The molecular formula is C18H14N2O3. The predicted octanol–water partition coefficient (Wildman–Crippen LogP) is 3.24. The number of amides is 1. The molecule has 5 heteroatoms. The van der Waals surface area contributed by atoms with Crippen LogP contribution in [0.4, 0.5) is 5.69 Å². The van der Waals surface area contributed by atoms with Crippen LogP contribution in [-0.2, 0) is 4.79 Å². The van der Waals surface area contributed by atoms with Crippen LogP contribution >= 0.6 is 0 Å². The van der Waals surface area contributed by atoms with Gasteiger partial charge in [-0.15, -0.1) is 0 Å². The maximum Gasteiger partial charge on any atom is 0.335 e. The van der Waals surface area contributed by atoms with Crippen LogP contribution in [0.1, 0.15) is 21.5 Å². The quantitative estimate of drug-likeness (QED) is 0.670. The highest BCUT2D eigenvalue weighted by molar-refractivity contribution is 6.10. The number of nitrogens with one attached hydrogen (secondary N) is 1. The monoisotopic (exact) mass is 306 g/mol. The second-order valence-corrected chi connectivity index (χ2v) is 4.92. The van der Waals surface area contributed by atoms with Gasteiger partial charge < -0.3 is 10.4 Å². The Morgan fingerprint density at radius 3 is 2.57 bits per heavy atom. The number of nitriles is 1. The predicted molar refractivity (Wildman–Crippen MR) is 86.8 cm³/mol.